The number of thiophene rings is 1. The smallest absolute Gasteiger partial charge is 0.140 e. The third-order valence-electron chi connectivity index (χ3n) is 1.97. The van der Waals surface area contributed by atoms with Gasteiger partial charge in [-0.15, -0.1) is 11.3 Å². The molecule has 0 spiro atoms. The standard InChI is InChI=1S/C13H10OS.C2H6/c14-13(11-5-2-1-3-6-11)9-8-12-7-4-10-15-12;1-2/h1-7,10,13-14H;1-2H3. The van der Waals surface area contributed by atoms with Crippen LogP contribution in [0.25, 0.3) is 0 Å². The first kappa shape index (κ1) is 13.5. The molecular weight excluding hydrogens is 228 g/mol. The lowest BCUT2D eigenvalue weighted by Gasteiger charge is -2.01. The van der Waals surface area contributed by atoms with Gasteiger partial charge in [-0.25, -0.2) is 0 Å². The van der Waals surface area contributed by atoms with Crippen LogP contribution in [0, 0.1) is 11.8 Å². The van der Waals surface area contributed by atoms with Crippen LogP contribution in [0.15, 0.2) is 47.8 Å². The summed E-state index contributed by atoms with van der Waals surface area (Å²) in [6.07, 6.45) is -0.701. The molecular formula is C15H16OS. The monoisotopic (exact) mass is 244 g/mol. The fraction of sp³-hybridized carbons (Fsp3) is 0.200. The summed E-state index contributed by atoms with van der Waals surface area (Å²) in [5, 5.41) is 11.7. The average molecular weight is 244 g/mol. The molecule has 1 nitrogen and oxygen atoms in total. The first-order valence-corrected chi connectivity index (χ1v) is 6.52. The maximum atomic E-state index is 9.75. The van der Waals surface area contributed by atoms with Crippen molar-refractivity contribution in [2.45, 2.75) is 20.0 Å². The fourth-order valence-corrected chi connectivity index (χ4v) is 1.79. The molecule has 1 aromatic heterocycles. The molecule has 0 radical (unpaired) electrons. The maximum Gasteiger partial charge on any atom is 0.140 e. The van der Waals surface area contributed by atoms with Crippen LogP contribution < -0.4 is 0 Å². The van der Waals surface area contributed by atoms with Crippen LogP contribution >= 0.6 is 11.3 Å². The molecule has 17 heavy (non-hydrogen) atoms. The molecule has 2 rings (SSSR count). The molecule has 0 saturated carbocycles. The average Bonchev–Trinajstić information content (AvgIpc) is 2.92. The number of hydrogen-bond donors (Lipinski definition) is 1. The molecule has 1 unspecified atom stereocenters. The number of benzene rings is 1. The molecule has 0 saturated heterocycles. The Morgan fingerprint density at radius 1 is 1.06 bits per heavy atom. The molecule has 0 fully saturated rings. The van der Waals surface area contributed by atoms with Crippen LogP contribution in [0.2, 0.25) is 0 Å². The van der Waals surface area contributed by atoms with E-state index in [4.69, 9.17) is 0 Å². The molecule has 88 valence electrons. The normalized spacial score (nSPS) is 10.5. The highest BCUT2D eigenvalue weighted by Gasteiger charge is 2.00. The summed E-state index contributed by atoms with van der Waals surface area (Å²) in [6, 6.07) is 13.3. The van der Waals surface area contributed by atoms with Crippen molar-refractivity contribution in [2.24, 2.45) is 0 Å². The minimum Gasteiger partial charge on any atom is -0.376 e. The second-order valence-corrected chi connectivity index (χ2v) is 4.01. The van der Waals surface area contributed by atoms with E-state index in [1.165, 1.54) is 0 Å². The van der Waals surface area contributed by atoms with Crippen LogP contribution in [-0.4, -0.2) is 5.11 Å². The molecule has 2 heteroatoms. The highest BCUT2D eigenvalue weighted by atomic mass is 32.1. The van der Waals surface area contributed by atoms with E-state index in [-0.39, 0.29) is 0 Å². The van der Waals surface area contributed by atoms with Crippen LogP contribution in [0.3, 0.4) is 0 Å². The molecule has 1 heterocycles. The Hall–Kier alpha value is -1.56. The van der Waals surface area contributed by atoms with Gasteiger partial charge in [-0.3, -0.25) is 0 Å². The van der Waals surface area contributed by atoms with E-state index in [1.54, 1.807) is 11.3 Å². The lowest BCUT2D eigenvalue weighted by molar-refractivity contribution is 0.238. The first-order valence-electron chi connectivity index (χ1n) is 5.64. The third kappa shape index (κ3) is 4.44. The number of rotatable bonds is 1. The molecule has 0 aliphatic heterocycles. The summed E-state index contributed by atoms with van der Waals surface area (Å²) in [7, 11) is 0. The minimum absolute atomic E-state index is 0.701. The zero-order valence-corrected chi connectivity index (χ0v) is 10.9. The summed E-state index contributed by atoms with van der Waals surface area (Å²) < 4.78 is 0. The highest BCUT2D eigenvalue weighted by molar-refractivity contribution is 7.10. The molecule has 1 aromatic carbocycles. The van der Waals surface area contributed by atoms with Gasteiger partial charge in [0.1, 0.15) is 6.10 Å². The Bertz CT molecular complexity index is 463. The van der Waals surface area contributed by atoms with Crippen LogP contribution in [-0.2, 0) is 0 Å². The van der Waals surface area contributed by atoms with Crippen LogP contribution in [0.4, 0.5) is 0 Å². The van der Waals surface area contributed by atoms with E-state index < -0.39 is 6.10 Å². The van der Waals surface area contributed by atoms with Gasteiger partial charge in [-0.1, -0.05) is 62.1 Å². The van der Waals surface area contributed by atoms with Crippen molar-refractivity contribution in [3.05, 3.63) is 58.3 Å². The van der Waals surface area contributed by atoms with Crippen molar-refractivity contribution in [3.8, 4) is 11.8 Å². The largest absolute Gasteiger partial charge is 0.376 e. The van der Waals surface area contributed by atoms with Crippen molar-refractivity contribution >= 4 is 11.3 Å². The zero-order valence-electron chi connectivity index (χ0n) is 10.1. The van der Waals surface area contributed by atoms with Crippen LogP contribution in [0.1, 0.15) is 30.4 Å². The van der Waals surface area contributed by atoms with Gasteiger partial charge >= 0.3 is 0 Å². The van der Waals surface area contributed by atoms with Crippen molar-refractivity contribution in [3.63, 3.8) is 0 Å². The summed E-state index contributed by atoms with van der Waals surface area (Å²) >= 11 is 1.58. The van der Waals surface area contributed by atoms with E-state index in [1.807, 2.05) is 61.7 Å². The van der Waals surface area contributed by atoms with E-state index >= 15 is 0 Å². The van der Waals surface area contributed by atoms with Gasteiger partial charge < -0.3 is 5.11 Å². The second-order valence-electron chi connectivity index (χ2n) is 3.06. The van der Waals surface area contributed by atoms with Gasteiger partial charge in [-0.2, -0.15) is 0 Å². The number of aliphatic hydroxyl groups is 1. The van der Waals surface area contributed by atoms with E-state index in [2.05, 4.69) is 11.8 Å². The molecule has 1 atom stereocenters. The summed E-state index contributed by atoms with van der Waals surface area (Å²) in [4.78, 5) is 0.977. The van der Waals surface area contributed by atoms with Gasteiger partial charge in [0.25, 0.3) is 0 Å². The quantitative estimate of drug-likeness (QED) is 0.755. The van der Waals surface area contributed by atoms with Crippen molar-refractivity contribution in [2.75, 3.05) is 0 Å². The Morgan fingerprint density at radius 3 is 2.35 bits per heavy atom. The summed E-state index contributed by atoms with van der Waals surface area (Å²) in [5.41, 5.74) is 0.835. The van der Waals surface area contributed by atoms with Gasteiger partial charge in [-0.05, 0) is 17.0 Å². The topological polar surface area (TPSA) is 20.2 Å². The third-order valence-corrected chi connectivity index (χ3v) is 2.75. The van der Waals surface area contributed by atoms with Crippen molar-refractivity contribution < 1.29 is 5.11 Å². The van der Waals surface area contributed by atoms with E-state index in [9.17, 15) is 5.11 Å². The van der Waals surface area contributed by atoms with Crippen LogP contribution in [0.5, 0.6) is 0 Å². The lowest BCUT2D eigenvalue weighted by atomic mass is 10.1. The molecule has 2 aromatic rings. The van der Waals surface area contributed by atoms with Gasteiger partial charge in [0, 0.05) is 0 Å². The lowest BCUT2D eigenvalue weighted by Crippen LogP contribution is -1.92. The van der Waals surface area contributed by atoms with Gasteiger partial charge in [0.05, 0.1) is 4.88 Å². The highest BCUT2D eigenvalue weighted by Crippen LogP contribution is 2.12. The van der Waals surface area contributed by atoms with Gasteiger partial charge in [0.2, 0.25) is 0 Å². The Kier molecular flexibility index (Phi) is 6.09. The number of aliphatic hydroxyl groups excluding tert-OH is 1. The Labute approximate surface area is 107 Å². The summed E-state index contributed by atoms with van der Waals surface area (Å²) in [6.45, 7) is 4.00. The SMILES string of the molecule is CC.OC(C#Cc1cccs1)c1ccccc1. The molecule has 0 aliphatic rings. The maximum absolute atomic E-state index is 9.75. The van der Waals surface area contributed by atoms with E-state index in [0.29, 0.717) is 0 Å². The Balaban J connectivity index is 0.000000686. The molecule has 0 bridgehead atoms. The molecule has 0 aliphatic carbocycles. The van der Waals surface area contributed by atoms with Crippen molar-refractivity contribution in [1.29, 1.82) is 0 Å². The predicted octanol–water partition coefficient (Wildman–Crippen LogP) is 3.86. The minimum atomic E-state index is -0.701. The molecule has 1 N–H and O–H groups in total. The fourth-order valence-electron chi connectivity index (χ4n) is 1.21. The Morgan fingerprint density at radius 2 is 1.76 bits per heavy atom. The second kappa shape index (κ2) is 7.67. The predicted molar refractivity (Wildman–Crippen MR) is 73.9 cm³/mol. The first-order chi connectivity index (χ1) is 8.36. The van der Waals surface area contributed by atoms with Gasteiger partial charge in [0.15, 0.2) is 0 Å². The summed E-state index contributed by atoms with van der Waals surface area (Å²) in [5.74, 6) is 5.76. The van der Waals surface area contributed by atoms with Crippen molar-refractivity contribution in [1.82, 2.24) is 0 Å². The van der Waals surface area contributed by atoms with E-state index in [0.717, 1.165) is 10.4 Å². The molecule has 0 amide bonds. The zero-order chi connectivity index (χ0) is 12.5. The number of hydrogen-bond acceptors (Lipinski definition) is 2.